The molecule has 6 rings (SSSR count). The van der Waals surface area contributed by atoms with Gasteiger partial charge in [0.05, 0.1) is 36.2 Å². The molecular weight excluding hydrogens is 518 g/mol. The van der Waals surface area contributed by atoms with E-state index in [4.69, 9.17) is 0 Å². The van der Waals surface area contributed by atoms with Gasteiger partial charge in [-0.25, -0.2) is 0 Å². The second kappa shape index (κ2) is 11.2. The van der Waals surface area contributed by atoms with Gasteiger partial charge in [0.15, 0.2) is 0 Å². The highest BCUT2D eigenvalue weighted by Gasteiger charge is 2.26. The first-order valence-corrected chi connectivity index (χ1v) is 15.4. The van der Waals surface area contributed by atoms with E-state index in [-0.39, 0.29) is 0 Å². The maximum absolute atomic E-state index is 2.41. The molecule has 0 atom stereocenters. The molecule has 0 unspecified atom stereocenters. The number of nitrogens with zero attached hydrogens (tertiary/aromatic N) is 3. The third kappa shape index (κ3) is 5.30. The summed E-state index contributed by atoms with van der Waals surface area (Å²) in [6.45, 7) is 10.0. The lowest BCUT2D eigenvalue weighted by Gasteiger charge is -2.32. The molecule has 1 aliphatic heterocycles. The molecule has 206 valence electrons. The van der Waals surface area contributed by atoms with Gasteiger partial charge in [-0.2, -0.15) is 4.57 Å². The molecule has 0 spiro atoms. The summed E-state index contributed by atoms with van der Waals surface area (Å²) in [4.78, 5) is 3.63. The number of pyridine rings is 1. The van der Waals surface area contributed by atoms with Gasteiger partial charge >= 0.3 is 0 Å². The fraction of sp³-hybridized carbons (Fsp3) is 0.216. The number of hydrogen-bond donors (Lipinski definition) is 0. The Kier molecular flexibility index (Phi) is 7.46. The molecule has 41 heavy (non-hydrogen) atoms. The molecular formula is C37H39N3S+2. The first kappa shape index (κ1) is 27.3. The predicted octanol–water partition coefficient (Wildman–Crippen LogP) is 8.62. The lowest BCUT2D eigenvalue weighted by atomic mass is 10.0. The Morgan fingerprint density at radius 2 is 1.54 bits per heavy atom. The van der Waals surface area contributed by atoms with Crippen molar-refractivity contribution in [2.24, 2.45) is 0 Å². The summed E-state index contributed by atoms with van der Waals surface area (Å²) in [5.74, 6) is 0. The molecule has 1 aliphatic rings. The quantitative estimate of drug-likeness (QED) is 0.146. The number of thioether (sulfide) groups is 1. The summed E-state index contributed by atoms with van der Waals surface area (Å²) < 4.78 is 3.46. The highest BCUT2D eigenvalue weighted by Crippen LogP contribution is 2.46. The number of aromatic nitrogens is 1. The number of aryl methyl sites for hydroxylation is 1. The van der Waals surface area contributed by atoms with E-state index < -0.39 is 0 Å². The highest BCUT2D eigenvalue weighted by molar-refractivity contribution is 8.03. The molecule has 4 heteroatoms. The third-order valence-corrected chi connectivity index (χ3v) is 9.81. The fourth-order valence-corrected chi connectivity index (χ4v) is 6.81. The monoisotopic (exact) mass is 557 g/mol. The molecule has 5 aromatic rings. The Balaban J connectivity index is 1.52. The van der Waals surface area contributed by atoms with Crippen LogP contribution in [-0.4, -0.2) is 31.7 Å². The minimum Gasteiger partial charge on any atom is -0.338 e. The number of rotatable bonds is 7. The summed E-state index contributed by atoms with van der Waals surface area (Å²) in [7, 11) is 4.52. The average molecular weight is 558 g/mol. The van der Waals surface area contributed by atoms with Crippen molar-refractivity contribution in [2.75, 3.05) is 32.1 Å². The topological polar surface area (TPSA) is 7.12 Å². The molecule has 0 N–H and O–H groups in total. The minimum atomic E-state index is 1.05. The van der Waals surface area contributed by atoms with E-state index in [0.717, 1.165) is 24.1 Å². The van der Waals surface area contributed by atoms with Crippen molar-refractivity contribution >= 4 is 34.4 Å². The van der Waals surface area contributed by atoms with E-state index in [2.05, 4.69) is 154 Å². The average Bonchev–Trinajstić information content (AvgIpc) is 3.31. The summed E-state index contributed by atoms with van der Waals surface area (Å²) in [6, 6.07) is 37.9. The Morgan fingerprint density at radius 3 is 2.27 bits per heavy atom. The van der Waals surface area contributed by atoms with Gasteiger partial charge in [0, 0.05) is 47.3 Å². The molecule has 2 heterocycles. The maximum Gasteiger partial charge on any atom is 0.219 e. The van der Waals surface area contributed by atoms with Gasteiger partial charge in [-0.15, -0.1) is 0 Å². The summed E-state index contributed by atoms with van der Waals surface area (Å²) >= 11 is 1.85. The SMILES string of the molecule is CC[N+](C)(CC)Cc1ccc(-c2cc(C=C3Sc4ccc(C)cc4N3C)c3ccccc3[n+]2-c2ccccc2)cc1. The predicted molar refractivity (Wildman–Crippen MR) is 175 cm³/mol. The smallest absolute Gasteiger partial charge is 0.219 e. The first-order valence-electron chi connectivity index (χ1n) is 14.6. The van der Waals surface area contributed by atoms with Crippen LogP contribution in [0.2, 0.25) is 0 Å². The van der Waals surface area contributed by atoms with Crippen LogP contribution in [0.3, 0.4) is 0 Å². The van der Waals surface area contributed by atoms with Crippen molar-refractivity contribution in [1.82, 2.24) is 0 Å². The first-order chi connectivity index (χ1) is 19.9. The molecule has 3 nitrogen and oxygen atoms in total. The number of quaternary nitrogens is 1. The van der Waals surface area contributed by atoms with Crippen LogP contribution in [-0.2, 0) is 6.54 Å². The summed E-state index contributed by atoms with van der Waals surface area (Å²) in [6.07, 6.45) is 2.36. The van der Waals surface area contributed by atoms with Crippen LogP contribution in [0, 0.1) is 6.92 Å². The number of hydrogen-bond acceptors (Lipinski definition) is 2. The van der Waals surface area contributed by atoms with E-state index in [9.17, 15) is 0 Å². The summed E-state index contributed by atoms with van der Waals surface area (Å²) in [5, 5.41) is 2.48. The van der Waals surface area contributed by atoms with Crippen LogP contribution >= 0.6 is 11.8 Å². The van der Waals surface area contributed by atoms with Crippen LogP contribution < -0.4 is 9.47 Å². The third-order valence-electron chi connectivity index (χ3n) is 8.64. The van der Waals surface area contributed by atoms with Gasteiger partial charge in [0.1, 0.15) is 6.54 Å². The summed E-state index contributed by atoms with van der Waals surface area (Å²) in [5.41, 5.74) is 9.95. The van der Waals surface area contributed by atoms with Gasteiger partial charge in [0.25, 0.3) is 0 Å². The van der Waals surface area contributed by atoms with Gasteiger partial charge in [-0.3, -0.25) is 0 Å². The van der Waals surface area contributed by atoms with Crippen LogP contribution in [0.25, 0.3) is 33.9 Å². The van der Waals surface area contributed by atoms with Crippen molar-refractivity contribution in [3.63, 3.8) is 0 Å². The molecule has 0 fully saturated rings. The zero-order valence-electron chi connectivity index (χ0n) is 24.8. The van der Waals surface area contributed by atoms with Crippen molar-refractivity contribution in [3.05, 3.63) is 125 Å². The number of anilines is 1. The molecule has 1 aromatic heterocycles. The Morgan fingerprint density at radius 1 is 0.829 bits per heavy atom. The maximum atomic E-state index is 2.41. The van der Waals surface area contributed by atoms with Crippen LogP contribution in [0.5, 0.6) is 0 Å². The van der Waals surface area contributed by atoms with Crippen molar-refractivity contribution < 1.29 is 9.05 Å². The second-order valence-corrected chi connectivity index (χ2v) is 12.5. The van der Waals surface area contributed by atoms with Crippen LogP contribution in [0.1, 0.15) is 30.5 Å². The lowest BCUT2D eigenvalue weighted by Crippen LogP contribution is -2.42. The second-order valence-electron chi connectivity index (χ2n) is 11.4. The molecule has 0 amide bonds. The lowest BCUT2D eigenvalue weighted by molar-refractivity contribution is -0.919. The van der Waals surface area contributed by atoms with Crippen molar-refractivity contribution in [1.29, 1.82) is 0 Å². The zero-order chi connectivity index (χ0) is 28.6. The fourth-order valence-electron chi connectivity index (χ4n) is 5.72. The van der Waals surface area contributed by atoms with Gasteiger partial charge in [-0.05, 0) is 68.3 Å². The Hall–Kier alpha value is -3.86. The minimum absolute atomic E-state index is 1.05. The van der Waals surface area contributed by atoms with E-state index in [1.807, 2.05) is 11.8 Å². The number of para-hydroxylation sites is 2. The standard InChI is InChI=1S/C37H39N3S/c1-6-40(5,7-2)26-28-18-20-29(21-19-28)34-24-30(25-37-38(4)35-23-27(3)17-22-36(35)41-37)32-15-11-12-16-33(32)39(34)31-13-9-8-10-14-31/h8-25H,6-7,26H2,1-5H3/q+2. The molecule has 0 aliphatic carbocycles. The van der Waals surface area contributed by atoms with Crippen molar-refractivity contribution in [3.8, 4) is 16.9 Å². The number of benzene rings is 4. The molecule has 0 saturated heterocycles. The van der Waals surface area contributed by atoms with Crippen LogP contribution in [0.15, 0.2) is 113 Å². The largest absolute Gasteiger partial charge is 0.338 e. The molecule has 4 aromatic carbocycles. The van der Waals surface area contributed by atoms with E-state index in [0.29, 0.717) is 0 Å². The highest BCUT2D eigenvalue weighted by atomic mass is 32.2. The van der Waals surface area contributed by atoms with E-state index in [1.165, 1.54) is 60.1 Å². The molecule has 0 bridgehead atoms. The van der Waals surface area contributed by atoms with E-state index in [1.54, 1.807) is 0 Å². The van der Waals surface area contributed by atoms with Crippen LogP contribution in [0.4, 0.5) is 5.69 Å². The zero-order valence-corrected chi connectivity index (χ0v) is 25.6. The Labute approximate surface area is 249 Å². The molecule has 0 saturated carbocycles. The van der Waals surface area contributed by atoms with Gasteiger partial charge in [-0.1, -0.05) is 60.3 Å². The van der Waals surface area contributed by atoms with Crippen molar-refractivity contribution in [2.45, 2.75) is 32.2 Å². The van der Waals surface area contributed by atoms with Gasteiger partial charge in [0.2, 0.25) is 16.9 Å². The number of fused-ring (bicyclic) bond motifs is 2. The normalized spacial score (nSPS) is 14.2. The van der Waals surface area contributed by atoms with Gasteiger partial charge < -0.3 is 9.38 Å². The van der Waals surface area contributed by atoms with E-state index >= 15 is 0 Å². The molecule has 0 radical (unpaired) electrons. The Bertz CT molecular complexity index is 1730.